The van der Waals surface area contributed by atoms with E-state index in [0.717, 1.165) is 25.9 Å². The molecule has 2 rings (SSSR count). The lowest BCUT2D eigenvalue weighted by molar-refractivity contribution is -0.186. The lowest BCUT2D eigenvalue weighted by Gasteiger charge is -2.31. The Morgan fingerprint density at radius 3 is 2.58 bits per heavy atom. The third-order valence-electron chi connectivity index (χ3n) is 4.15. The van der Waals surface area contributed by atoms with Crippen molar-refractivity contribution in [2.24, 2.45) is 11.8 Å². The maximum Gasteiger partial charge on any atom is 0.391 e. The van der Waals surface area contributed by atoms with Crippen molar-refractivity contribution in [2.75, 3.05) is 13.1 Å². The van der Waals surface area contributed by atoms with Gasteiger partial charge in [0.25, 0.3) is 0 Å². The number of amides is 1. The number of hydrogen-bond acceptors (Lipinski definition) is 2. The first-order valence-electron chi connectivity index (χ1n) is 7.04. The van der Waals surface area contributed by atoms with Crippen LogP contribution in [0.5, 0.6) is 0 Å². The van der Waals surface area contributed by atoms with E-state index in [1.807, 2.05) is 0 Å². The van der Waals surface area contributed by atoms with Gasteiger partial charge in [0.15, 0.2) is 0 Å². The number of carbonyl (C=O) groups is 1. The van der Waals surface area contributed by atoms with Gasteiger partial charge >= 0.3 is 6.18 Å². The molecule has 2 fully saturated rings. The molecule has 3 atom stereocenters. The Balaban J connectivity index is 1.84. The molecule has 1 saturated heterocycles. The molecule has 3 nitrogen and oxygen atoms in total. The topological polar surface area (TPSA) is 41.1 Å². The van der Waals surface area contributed by atoms with E-state index < -0.39 is 18.0 Å². The zero-order valence-electron chi connectivity index (χ0n) is 10.9. The molecule has 1 heterocycles. The molecule has 0 spiro atoms. The molecule has 110 valence electrons. The first-order chi connectivity index (χ1) is 8.97. The smallest absolute Gasteiger partial charge is 0.352 e. The SMILES string of the molecule is O=C(N[C@@H]1CCCNC1)C1CCCC(C(F)(F)F)C1. The van der Waals surface area contributed by atoms with Crippen molar-refractivity contribution in [2.45, 2.75) is 50.7 Å². The van der Waals surface area contributed by atoms with Gasteiger partial charge in [-0.25, -0.2) is 0 Å². The van der Waals surface area contributed by atoms with Gasteiger partial charge in [0.2, 0.25) is 5.91 Å². The average Bonchev–Trinajstić information content (AvgIpc) is 2.39. The van der Waals surface area contributed by atoms with Crippen LogP contribution in [0.2, 0.25) is 0 Å². The lowest BCUT2D eigenvalue weighted by Crippen LogP contribution is -2.48. The summed E-state index contributed by atoms with van der Waals surface area (Å²) in [6.45, 7) is 1.67. The molecule has 2 aliphatic rings. The van der Waals surface area contributed by atoms with E-state index >= 15 is 0 Å². The summed E-state index contributed by atoms with van der Waals surface area (Å²) in [5.74, 6) is -1.97. The van der Waals surface area contributed by atoms with Gasteiger partial charge < -0.3 is 10.6 Å². The summed E-state index contributed by atoms with van der Waals surface area (Å²) in [5.41, 5.74) is 0. The molecule has 1 aliphatic heterocycles. The van der Waals surface area contributed by atoms with Gasteiger partial charge in [-0.15, -0.1) is 0 Å². The Labute approximate surface area is 111 Å². The van der Waals surface area contributed by atoms with Crippen molar-refractivity contribution in [1.29, 1.82) is 0 Å². The molecule has 0 aromatic heterocycles. The number of carbonyl (C=O) groups excluding carboxylic acids is 1. The molecule has 1 amide bonds. The molecule has 1 saturated carbocycles. The zero-order chi connectivity index (χ0) is 13.9. The van der Waals surface area contributed by atoms with Crippen molar-refractivity contribution in [3.05, 3.63) is 0 Å². The van der Waals surface area contributed by atoms with Crippen LogP contribution in [0.15, 0.2) is 0 Å². The van der Waals surface area contributed by atoms with Crippen LogP contribution in [-0.4, -0.2) is 31.2 Å². The Morgan fingerprint density at radius 2 is 1.95 bits per heavy atom. The summed E-state index contributed by atoms with van der Waals surface area (Å²) >= 11 is 0. The van der Waals surface area contributed by atoms with Gasteiger partial charge in [0.1, 0.15) is 0 Å². The van der Waals surface area contributed by atoms with Crippen molar-refractivity contribution in [1.82, 2.24) is 10.6 Å². The molecular formula is C13H21F3N2O. The Kier molecular flexibility index (Phi) is 4.71. The van der Waals surface area contributed by atoms with Crippen LogP contribution in [-0.2, 0) is 4.79 Å². The third-order valence-corrected chi connectivity index (χ3v) is 4.15. The van der Waals surface area contributed by atoms with Crippen LogP contribution in [0.3, 0.4) is 0 Å². The normalized spacial score (nSPS) is 32.9. The Bertz CT molecular complexity index is 314. The molecule has 0 aromatic carbocycles. The number of rotatable bonds is 2. The van der Waals surface area contributed by atoms with E-state index in [9.17, 15) is 18.0 Å². The maximum absolute atomic E-state index is 12.7. The highest BCUT2D eigenvalue weighted by Crippen LogP contribution is 2.39. The highest BCUT2D eigenvalue weighted by Gasteiger charge is 2.43. The fourth-order valence-electron chi connectivity index (χ4n) is 3.02. The summed E-state index contributed by atoms with van der Waals surface area (Å²) in [7, 11) is 0. The minimum absolute atomic E-state index is 0.0461. The summed E-state index contributed by atoms with van der Waals surface area (Å²) in [5, 5.41) is 6.07. The van der Waals surface area contributed by atoms with Crippen LogP contribution < -0.4 is 10.6 Å². The largest absolute Gasteiger partial charge is 0.391 e. The zero-order valence-corrected chi connectivity index (χ0v) is 10.9. The summed E-state index contributed by atoms with van der Waals surface area (Å²) < 4.78 is 38.1. The molecule has 0 radical (unpaired) electrons. The van der Waals surface area contributed by atoms with E-state index in [1.54, 1.807) is 0 Å². The lowest BCUT2D eigenvalue weighted by atomic mass is 9.80. The van der Waals surface area contributed by atoms with Gasteiger partial charge in [-0.1, -0.05) is 6.42 Å². The Hall–Kier alpha value is -0.780. The van der Waals surface area contributed by atoms with Gasteiger partial charge in [-0.3, -0.25) is 4.79 Å². The average molecular weight is 278 g/mol. The first kappa shape index (κ1) is 14.6. The van der Waals surface area contributed by atoms with Crippen LogP contribution in [0.1, 0.15) is 38.5 Å². The second-order valence-electron chi connectivity index (χ2n) is 5.65. The molecule has 0 aromatic rings. The van der Waals surface area contributed by atoms with E-state index in [2.05, 4.69) is 10.6 Å². The van der Waals surface area contributed by atoms with E-state index in [4.69, 9.17) is 0 Å². The van der Waals surface area contributed by atoms with E-state index in [0.29, 0.717) is 12.8 Å². The predicted octanol–water partition coefficient (Wildman–Crippen LogP) is 2.22. The van der Waals surface area contributed by atoms with Gasteiger partial charge in [-0.05, 0) is 38.6 Å². The van der Waals surface area contributed by atoms with Gasteiger partial charge in [0, 0.05) is 18.5 Å². The molecule has 0 bridgehead atoms. The van der Waals surface area contributed by atoms with Crippen LogP contribution in [0, 0.1) is 11.8 Å². The van der Waals surface area contributed by atoms with E-state index in [-0.39, 0.29) is 24.8 Å². The molecule has 1 aliphatic carbocycles. The summed E-state index contributed by atoms with van der Waals surface area (Å²) in [6.07, 6.45) is -1.06. The van der Waals surface area contributed by atoms with Crippen LogP contribution in [0.25, 0.3) is 0 Å². The monoisotopic (exact) mass is 278 g/mol. The highest BCUT2D eigenvalue weighted by molar-refractivity contribution is 5.79. The molecular weight excluding hydrogens is 257 g/mol. The van der Waals surface area contributed by atoms with Gasteiger partial charge in [-0.2, -0.15) is 13.2 Å². The fraction of sp³-hybridized carbons (Fsp3) is 0.923. The summed E-state index contributed by atoms with van der Waals surface area (Å²) in [4.78, 5) is 12.0. The van der Waals surface area contributed by atoms with Crippen molar-refractivity contribution in [3.63, 3.8) is 0 Å². The molecule has 2 N–H and O–H groups in total. The van der Waals surface area contributed by atoms with Crippen LogP contribution >= 0.6 is 0 Å². The minimum atomic E-state index is -4.16. The first-order valence-corrected chi connectivity index (χ1v) is 7.04. The van der Waals surface area contributed by atoms with Crippen molar-refractivity contribution >= 4 is 5.91 Å². The number of nitrogens with one attached hydrogen (secondary N) is 2. The highest BCUT2D eigenvalue weighted by atomic mass is 19.4. The number of halogens is 3. The standard InChI is InChI=1S/C13H21F3N2O/c14-13(15,16)10-4-1-3-9(7-10)12(19)18-11-5-2-6-17-8-11/h9-11,17H,1-8H2,(H,18,19)/t9?,10?,11-/m1/s1. The summed E-state index contributed by atoms with van der Waals surface area (Å²) in [6, 6.07) is 0.0764. The number of piperidine rings is 1. The minimum Gasteiger partial charge on any atom is -0.352 e. The molecule has 6 heteroatoms. The van der Waals surface area contributed by atoms with Gasteiger partial charge in [0.05, 0.1) is 5.92 Å². The molecule has 2 unspecified atom stereocenters. The fourth-order valence-corrected chi connectivity index (χ4v) is 3.02. The van der Waals surface area contributed by atoms with E-state index in [1.165, 1.54) is 0 Å². The Morgan fingerprint density at radius 1 is 1.16 bits per heavy atom. The van der Waals surface area contributed by atoms with Crippen molar-refractivity contribution < 1.29 is 18.0 Å². The van der Waals surface area contributed by atoms with Crippen LogP contribution in [0.4, 0.5) is 13.2 Å². The third kappa shape index (κ3) is 4.09. The number of hydrogen-bond donors (Lipinski definition) is 2. The predicted molar refractivity (Wildman–Crippen MR) is 65.5 cm³/mol. The second kappa shape index (κ2) is 6.11. The van der Waals surface area contributed by atoms with Crippen molar-refractivity contribution in [3.8, 4) is 0 Å². The maximum atomic E-state index is 12.7. The number of alkyl halides is 3. The second-order valence-corrected chi connectivity index (χ2v) is 5.65. The molecule has 19 heavy (non-hydrogen) atoms. The quantitative estimate of drug-likeness (QED) is 0.813.